The van der Waals surface area contributed by atoms with E-state index in [9.17, 15) is 4.79 Å². The molecule has 0 atom stereocenters. The van der Waals surface area contributed by atoms with Gasteiger partial charge in [0.2, 0.25) is 0 Å². The molecular formula is C17H27N3O. The Morgan fingerprint density at radius 2 is 1.95 bits per heavy atom. The van der Waals surface area contributed by atoms with Gasteiger partial charge in [0.15, 0.2) is 0 Å². The molecule has 2 N–H and O–H groups in total. The summed E-state index contributed by atoms with van der Waals surface area (Å²) in [5.41, 5.74) is 7.80. The average molecular weight is 289 g/mol. The number of benzene rings is 1. The zero-order chi connectivity index (χ0) is 15.1. The number of hydrogen-bond donors (Lipinski definition) is 1. The fraction of sp³-hybridized carbons (Fsp3) is 0.588. The fourth-order valence-electron chi connectivity index (χ4n) is 2.81. The second-order valence-electron chi connectivity index (χ2n) is 5.82. The van der Waals surface area contributed by atoms with E-state index in [1.165, 1.54) is 18.4 Å². The Morgan fingerprint density at radius 1 is 1.24 bits per heavy atom. The molecule has 2 rings (SSSR count). The van der Waals surface area contributed by atoms with Crippen LogP contribution in [0, 0.1) is 6.92 Å². The number of amides is 2. The maximum absolute atomic E-state index is 12.9. The minimum Gasteiger partial charge on any atom is -0.330 e. The molecule has 0 unspecified atom stereocenters. The molecule has 0 spiro atoms. The lowest BCUT2D eigenvalue weighted by Gasteiger charge is -2.30. The average Bonchev–Trinajstić information content (AvgIpc) is 2.76. The maximum Gasteiger partial charge on any atom is 0.324 e. The third-order valence-corrected chi connectivity index (χ3v) is 4.01. The standard InChI is InChI=1S/C17H27N3O/c1-15-8-6-9-16(14-15)20(13-7-10-18)17(21)19-11-4-2-3-5-12-19/h6,8-9,14H,2-5,7,10-13,18H2,1H3. The van der Waals surface area contributed by atoms with Gasteiger partial charge in [0, 0.05) is 25.3 Å². The van der Waals surface area contributed by atoms with Crippen LogP contribution in [0.4, 0.5) is 10.5 Å². The van der Waals surface area contributed by atoms with Crippen molar-refractivity contribution in [2.24, 2.45) is 5.73 Å². The highest BCUT2D eigenvalue weighted by molar-refractivity contribution is 5.92. The van der Waals surface area contributed by atoms with Crippen LogP contribution in [0.2, 0.25) is 0 Å². The van der Waals surface area contributed by atoms with Crippen molar-refractivity contribution in [1.29, 1.82) is 0 Å². The highest BCUT2D eigenvalue weighted by Gasteiger charge is 2.22. The SMILES string of the molecule is Cc1cccc(N(CCCN)C(=O)N2CCCCCC2)c1. The van der Waals surface area contributed by atoms with Crippen molar-refractivity contribution in [3.63, 3.8) is 0 Å². The van der Waals surface area contributed by atoms with Gasteiger partial charge in [-0.1, -0.05) is 25.0 Å². The zero-order valence-corrected chi connectivity index (χ0v) is 13.1. The molecular weight excluding hydrogens is 262 g/mol. The van der Waals surface area contributed by atoms with Crippen LogP contribution in [-0.4, -0.2) is 37.1 Å². The summed E-state index contributed by atoms with van der Waals surface area (Å²) in [7, 11) is 0. The van der Waals surface area contributed by atoms with Crippen molar-refractivity contribution in [3.8, 4) is 0 Å². The predicted molar refractivity (Wildman–Crippen MR) is 87.6 cm³/mol. The third-order valence-electron chi connectivity index (χ3n) is 4.01. The number of carbonyl (C=O) groups is 1. The van der Waals surface area contributed by atoms with Gasteiger partial charge in [0.1, 0.15) is 0 Å². The van der Waals surface area contributed by atoms with E-state index in [1.54, 1.807) is 0 Å². The van der Waals surface area contributed by atoms with E-state index in [0.717, 1.165) is 38.0 Å². The van der Waals surface area contributed by atoms with Gasteiger partial charge in [-0.15, -0.1) is 0 Å². The summed E-state index contributed by atoms with van der Waals surface area (Å²) >= 11 is 0. The van der Waals surface area contributed by atoms with Crippen molar-refractivity contribution < 1.29 is 4.79 Å². The molecule has 0 radical (unpaired) electrons. The van der Waals surface area contributed by atoms with Crippen molar-refractivity contribution >= 4 is 11.7 Å². The normalized spacial score (nSPS) is 15.6. The highest BCUT2D eigenvalue weighted by atomic mass is 16.2. The van der Waals surface area contributed by atoms with Crippen LogP contribution in [-0.2, 0) is 0 Å². The molecule has 0 aliphatic carbocycles. The number of aryl methyl sites for hydroxylation is 1. The monoisotopic (exact) mass is 289 g/mol. The van der Waals surface area contributed by atoms with Crippen LogP contribution in [0.1, 0.15) is 37.7 Å². The second kappa shape index (κ2) is 8.03. The van der Waals surface area contributed by atoms with Crippen molar-refractivity contribution in [1.82, 2.24) is 4.90 Å². The molecule has 1 saturated heterocycles. The Labute approximate surface area is 127 Å². The van der Waals surface area contributed by atoms with Crippen LogP contribution >= 0.6 is 0 Å². The van der Waals surface area contributed by atoms with Gasteiger partial charge < -0.3 is 10.6 Å². The van der Waals surface area contributed by atoms with Gasteiger partial charge in [0.05, 0.1) is 0 Å². The Morgan fingerprint density at radius 3 is 2.57 bits per heavy atom. The number of hydrogen-bond acceptors (Lipinski definition) is 2. The summed E-state index contributed by atoms with van der Waals surface area (Å²) < 4.78 is 0. The lowest BCUT2D eigenvalue weighted by Crippen LogP contribution is -2.44. The second-order valence-corrected chi connectivity index (χ2v) is 5.82. The van der Waals surface area contributed by atoms with E-state index in [0.29, 0.717) is 13.1 Å². The number of anilines is 1. The molecule has 1 fully saturated rings. The number of nitrogens with zero attached hydrogens (tertiary/aromatic N) is 2. The van der Waals surface area contributed by atoms with Gasteiger partial charge in [-0.2, -0.15) is 0 Å². The number of urea groups is 1. The van der Waals surface area contributed by atoms with Crippen LogP contribution in [0.25, 0.3) is 0 Å². The van der Waals surface area contributed by atoms with Gasteiger partial charge >= 0.3 is 6.03 Å². The van der Waals surface area contributed by atoms with Crippen LogP contribution in [0.3, 0.4) is 0 Å². The van der Waals surface area contributed by atoms with E-state index in [1.807, 2.05) is 21.9 Å². The number of likely N-dealkylation sites (tertiary alicyclic amines) is 1. The topological polar surface area (TPSA) is 49.6 Å². The van der Waals surface area contributed by atoms with Gasteiger partial charge in [-0.3, -0.25) is 4.90 Å². The summed E-state index contributed by atoms with van der Waals surface area (Å²) in [5.74, 6) is 0. The minimum absolute atomic E-state index is 0.135. The van der Waals surface area contributed by atoms with Gasteiger partial charge in [-0.25, -0.2) is 4.79 Å². The van der Waals surface area contributed by atoms with Crippen LogP contribution < -0.4 is 10.6 Å². The lowest BCUT2D eigenvalue weighted by atomic mass is 10.2. The fourth-order valence-corrected chi connectivity index (χ4v) is 2.81. The molecule has 1 aromatic rings. The Bertz CT molecular complexity index is 453. The molecule has 1 aliphatic rings. The first-order valence-electron chi connectivity index (χ1n) is 8.05. The Kier molecular flexibility index (Phi) is 6.05. The first-order chi connectivity index (χ1) is 10.2. The van der Waals surface area contributed by atoms with E-state index in [-0.39, 0.29) is 6.03 Å². The molecule has 4 heteroatoms. The quantitative estimate of drug-likeness (QED) is 0.925. The van der Waals surface area contributed by atoms with E-state index in [4.69, 9.17) is 5.73 Å². The van der Waals surface area contributed by atoms with Crippen molar-refractivity contribution in [2.45, 2.75) is 39.0 Å². The molecule has 2 amide bonds. The molecule has 0 saturated carbocycles. The molecule has 1 aliphatic heterocycles. The number of rotatable bonds is 4. The third kappa shape index (κ3) is 4.46. The van der Waals surface area contributed by atoms with Crippen molar-refractivity contribution in [3.05, 3.63) is 29.8 Å². The summed E-state index contributed by atoms with van der Waals surface area (Å²) in [6.45, 7) is 5.11. The van der Waals surface area contributed by atoms with E-state index in [2.05, 4.69) is 19.1 Å². The molecule has 1 heterocycles. The van der Waals surface area contributed by atoms with Gasteiger partial charge in [-0.05, 0) is 50.4 Å². The van der Waals surface area contributed by atoms with Crippen LogP contribution in [0.5, 0.6) is 0 Å². The van der Waals surface area contributed by atoms with E-state index < -0.39 is 0 Å². The Hall–Kier alpha value is -1.55. The molecule has 4 nitrogen and oxygen atoms in total. The van der Waals surface area contributed by atoms with Gasteiger partial charge in [0.25, 0.3) is 0 Å². The zero-order valence-electron chi connectivity index (χ0n) is 13.1. The molecule has 21 heavy (non-hydrogen) atoms. The maximum atomic E-state index is 12.9. The number of carbonyl (C=O) groups excluding carboxylic acids is 1. The molecule has 116 valence electrons. The summed E-state index contributed by atoms with van der Waals surface area (Å²) in [6, 6.07) is 8.29. The molecule has 1 aromatic carbocycles. The van der Waals surface area contributed by atoms with Crippen molar-refractivity contribution in [2.75, 3.05) is 31.1 Å². The summed E-state index contributed by atoms with van der Waals surface area (Å²) in [6.07, 6.45) is 5.52. The smallest absolute Gasteiger partial charge is 0.324 e. The first-order valence-corrected chi connectivity index (χ1v) is 8.05. The number of nitrogens with two attached hydrogens (primary N) is 1. The summed E-state index contributed by atoms with van der Waals surface area (Å²) in [5, 5.41) is 0. The first kappa shape index (κ1) is 15.8. The molecule has 0 aromatic heterocycles. The van der Waals surface area contributed by atoms with E-state index >= 15 is 0 Å². The Balaban J connectivity index is 2.15. The highest BCUT2D eigenvalue weighted by Crippen LogP contribution is 2.20. The summed E-state index contributed by atoms with van der Waals surface area (Å²) in [4.78, 5) is 16.8. The minimum atomic E-state index is 0.135. The lowest BCUT2D eigenvalue weighted by molar-refractivity contribution is 0.206. The predicted octanol–water partition coefficient (Wildman–Crippen LogP) is 3.15. The largest absolute Gasteiger partial charge is 0.330 e. The molecule has 0 bridgehead atoms. The van der Waals surface area contributed by atoms with Crippen LogP contribution in [0.15, 0.2) is 24.3 Å².